The molecule has 0 radical (unpaired) electrons. The van der Waals surface area contributed by atoms with Crippen LogP contribution in [0.15, 0.2) is 18.3 Å². The number of hydrogen-bond acceptors (Lipinski definition) is 5. The third-order valence-electron chi connectivity index (χ3n) is 4.12. The van der Waals surface area contributed by atoms with Crippen LogP contribution in [0.4, 0.5) is 4.79 Å². The number of piperazine rings is 1. The molecule has 1 aromatic rings. The molecule has 2 heterocycles. The third kappa shape index (κ3) is 5.97. The number of amides is 1. The number of Topliss-reactive ketones (excluding diaryl/α,β-unsaturated/α-hetero) is 1. The molecule has 138 valence electrons. The Kier molecular flexibility index (Phi) is 6.41. The topological polar surface area (TPSA) is 62.7 Å². The molecular weight excluding hydrogens is 342 g/mol. The molecule has 0 bridgehead atoms. The Balaban J connectivity index is 1.82. The summed E-state index contributed by atoms with van der Waals surface area (Å²) in [5, 5.41) is 0.378. The van der Waals surface area contributed by atoms with Crippen molar-refractivity contribution in [2.75, 3.05) is 26.2 Å². The normalized spacial score (nSPS) is 17.2. The van der Waals surface area contributed by atoms with Crippen LogP contribution in [0.3, 0.4) is 0 Å². The van der Waals surface area contributed by atoms with Crippen LogP contribution < -0.4 is 0 Å². The van der Waals surface area contributed by atoms with Gasteiger partial charge in [0, 0.05) is 50.4 Å². The maximum Gasteiger partial charge on any atom is 0.410 e. The smallest absolute Gasteiger partial charge is 0.410 e. The Morgan fingerprint density at radius 1 is 1.24 bits per heavy atom. The summed E-state index contributed by atoms with van der Waals surface area (Å²) < 4.78 is 5.40. The lowest BCUT2D eigenvalue weighted by atomic mass is 10.0. The number of ether oxygens (including phenoxy) is 1. The summed E-state index contributed by atoms with van der Waals surface area (Å²) in [4.78, 5) is 32.3. The molecule has 1 aliphatic rings. The van der Waals surface area contributed by atoms with Crippen molar-refractivity contribution in [2.45, 2.75) is 45.8 Å². The lowest BCUT2D eigenvalue weighted by Gasteiger charge is -2.38. The van der Waals surface area contributed by atoms with Crippen molar-refractivity contribution in [3.05, 3.63) is 29.0 Å². The van der Waals surface area contributed by atoms with E-state index in [0.29, 0.717) is 30.2 Å². The van der Waals surface area contributed by atoms with Crippen LogP contribution in [0.5, 0.6) is 0 Å². The molecule has 0 unspecified atom stereocenters. The Bertz CT molecular complexity index is 605. The summed E-state index contributed by atoms with van der Waals surface area (Å²) in [5.41, 5.74) is 0.0872. The SMILES string of the molecule is C[C@@H](CC(=O)c1ccc(Cl)nc1)N1CCN(C(=O)OC(C)(C)C)CC1. The minimum atomic E-state index is -0.486. The van der Waals surface area contributed by atoms with Gasteiger partial charge in [-0.05, 0) is 39.8 Å². The molecule has 1 saturated heterocycles. The average molecular weight is 368 g/mol. The molecule has 0 aromatic carbocycles. The second-order valence-electron chi connectivity index (χ2n) is 7.35. The van der Waals surface area contributed by atoms with Crippen LogP contribution in [0.25, 0.3) is 0 Å². The standard InChI is InChI=1S/C18H26ClN3O3/c1-13(11-15(23)14-5-6-16(19)20-12-14)21-7-9-22(10-8-21)17(24)25-18(2,3)4/h5-6,12-13H,7-11H2,1-4H3/t13-/m0/s1. The van der Waals surface area contributed by atoms with Gasteiger partial charge in [0.25, 0.3) is 0 Å². The molecule has 1 atom stereocenters. The monoisotopic (exact) mass is 367 g/mol. The van der Waals surface area contributed by atoms with Crippen LogP contribution in [0.2, 0.25) is 5.15 Å². The molecular formula is C18H26ClN3O3. The highest BCUT2D eigenvalue weighted by Gasteiger charge is 2.28. The first-order chi connectivity index (χ1) is 11.7. The number of pyridine rings is 1. The molecule has 0 aliphatic carbocycles. The highest BCUT2D eigenvalue weighted by atomic mass is 35.5. The number of hydrogen-bond donors (Lipinski definition) is 0. The first-order valence-corrected chi connectivity index (χ1v) is 8.90. The van der Waals surface area contributed by atoms with E-state index >= 15 is 0 Å². The number of carbonyl (C=O) groups excluding carboxylic acids is 2. The second kappa shape index (κ2) is 8.15. The van der Waals surface area contributed by atoms with E-state index in [9.17, 15) is 9.59 Å². The number of nitrogens with zero attached hydrogens (tertiary/aromatic N) is 3. The number of carbonyl (C=O) groups is 2. The first-order valence-electron chi connectivity index (χ1n) is 8.52. The van der Waals surface area contributed by atoms with E-state index in [0.717, 1.165) is 13.1 Å². The highest BCUT2D eigenvalue weighted by Crippen LogP contribution is 2.16. The fourth-order valence-corrected chi connectivity index (χ4v) is 2.84. The van der Waals surface area contributed by atoms with E-state index in [4.69, 9.17) is 16.3 Å². The zero-order chi connectivity index (χ0) is 18.6. The van der Waals surface area contributed by atoms with Gasteiger partial charge in [-0.1, -0.05) is 11.6 Å². The van der Waals surface area contributed by atoms with E-state index in [-0.39, 0.29) is 17.9 Å². The van der Waals surface area contributed by atoms with E-state index in [1.165, 1.54) is 6.20 Å². The molecule has 0 N–H and O–H groups in total. The molecule has 1 amide bonds. The van der Waals surface area contributed by atoms with Gasteiger partial charge in [0.1, 0.15) is 10.8 Å². The van der Waals surface area contributed by atoms with Crippen LogP contribution in [0, 0.1) is 0 Å². The molecule has 0 spiro atoms. The van der Waals surface area contributed by atoms with Crippen molar-refractivity contribution in [1.29, 1.82) is 0 Å². The summed E-state index contributed by atoms with van der Waals surface area (Å²) in [5.74, 6) is 0.0474. The number of rotatable bonds is 4. The highest BCUT2D eigenvalue weighted by molar-refractivity contribution is 6.29. The van der Waals surface area contributed by atoms with Crippen molar-refractivity contribution in [3.63, 3.8) is 0 Å². The summed E-state index contributed by atoms with van der Waals surface area (Å²) >= 11 is 5.75. The summed E-state index contributed by atoms with van der Waals surface area (Å²) in [6.07, 6.45) is 1.65. The lowest BCUT2D eigenvalue weighted by molar-refractivity contribution is 0.0107. The van der Waals surface area contributed by atoms with Crippen LogP contribution >= 0.6 is 11.6 Å². The number of ketones is 1. The minimum Gasteiger partial charge on any atom is -0.444 e. The van der Waals surface area contributed by atoms with Gasteiger partial charge < -0.3 is 9.64 Å². The molecule has 6 nitrogen and oxygen atoms in total. The number of halogens is 1. The minimum absolute atomic E-state index is 0.0474. The molecule has 7 heteroatoms. The average Bonchev–Trinajstić information content (AvgIpc) is 2.54. The molecule has 0 saturated carbocycles. The van der Waals surface area contributed by atoms with Crippen LogP contribution in [-0.4, -0.2) is 64.5 Å². The van der Waals surface area contributed by atoms with E-state index in [2.05, 4.69) is 9.88 Å². The van der Waals surface area contributed by atoms with Crippen molar-refractivity contribution in [1.82, 2.24) is 14.8 Å². The Labute approximate surface area is 154 Å². The van der Waals surface area contributed by atoms with Gasteiger partial charge in [-0.15, -0.1) is 0 Å². The van der Waals surface area contributed by atoms with Gasteiger partial charge in [-0.3, -0.25) is 9.69 Å². The summed E-state index contributed by atoms with van der Waals surface area (Å²) in [6, 6.07) is 3.42. The second-order valence-corrected chi connectivity index (χ2v) is 7.74. The zero-order valence-corrected chi connectivity index (χ0v) is 16.0. The predicted octanol–water partition coefficient (Wildman–Crippen LogP) is 3.25. The van der Waals surface area contributed by atoms with E-state index in [1.807, 2.05) is 27.7 Å². The van der Waals surface area contributed by atoms with Crippen LogP contribution in [-0.2, 0) is 4.74 Å². The molecule has 1 aliphatic heterocycles. The van der Waals surface area contributed by atoms with E-state index in [1.54, 1.807) is 17.0 Å². The Morgan fingerprint density at radius 2 is 1.88 bits per heavy atom. The molecule has 25 heavy (non-hydrogen) atoms. The van der Waals surface area contributed by atoms with Gasteiger partial charge >= 0.3 is 6.09 Å². The van der Waals surface area contributed by atoms with Crippen molar-refractivity contribution >= 4 is 23.5 Å². The quantitative estimate of drug-likeness (QED) is 0.603. The maximum atomic E-state index is 12.3. The molecule has 1 aromatic heterocycles. The predicted molar refractivity (Wildman–Crippen MR) is 97.0 cm³/mol. The van der Waals surface area contributed by atoms with Crippen molar-refractivity contribution in [3.8, 4) is 0 Å². The third-order valence-corrected chi connectivity index (χ3v) is 4.34. The zero-order valence-electron chi connectivity index (χ0n) is 15.3. The lowest BCUT2D eigenvalue weighted by Crippen LogP contribution is -2.52. The fraction of sp³-hybridized carbons (Fsp3) is 0.611. The molecule has 2 rings (SSSR count). The summed E-state index contributed by atoms with van der Waals surface area (Å²) in [7, 11) is 0. The van der Waals surface area contributed by atoms with Gasteiger partial charge in [0.2, 0.25) is 0 Å². The molecule has 1 fully saturated rings. The number of aromatic nitrogens is 1. The Morgan fingerprint density at radius 3 is 2.40 bits per heavy atom. The van der Waals surface area contributed by atoms with Crippen molar-refractivity contribution in [2.24, 2.45) is 0 Å². The van der Waals surface area contributed by atoms with Gasteiger partial charge in [-0.25, -0.2) is 9.78 Å². The largest absolute Gasteiger partial charge is 0.444 e. The maximum absolute atomic E-state index is 12.3. The van der Waals surface area contributed by atoms with Gasteiger partial charge in [0.05, 0.1) is 0 Å². The summed E-state index contributed by atoms with van der Waals surface area (Å²) in [6.45, 7) is 10.3. The van der Waals surface area contributed by atoms with Crippen molar-refractivity contribution < 1.29 is 14.3 Å². The van der Waals surface area contributed by atoms with Crippen LogP contribution in [0.1, 0.15) is 44.5 Å². The van der Waals surface area contributed by atoms with E-state index < -0.39 is 5.60 Å². The fourth-order valence-electron chi connectivity index (χ4n) is 2.73. The van der Waals surface area contributed by atoms with Gasteiger partial charge in [-0.2, -0.15) is 0 Å². The first kappa shape index (κ1) is 19.7. The van der Waals surface area contributed by atoms with Gasteiger partial charge in [0.15, 0.2) is 5.78 Å². The Hall–Kier alpha value is -1.66.